The van der Waals surface area contributed by atoms with E-state index in [0.29, 0.717) is 32.9 Å². The fourth-order valence-electron chi connectivity index (χ4n) is 2.72. The second-order valence-electron chi connectivity index (χ2n) is 5.89. The molecule has 124 valence electrons. The molecule has 23 heavy (non-hydrogen) atoms. The van der Waals surface area contributed by atoms with Crippen LogP contribution in [-0.4, -0.2) is 43.5 Å². The maximum atomic E-state index is 11.9. The van der Waals surface area contributed by atoms with Crippen molar-refractivity contribution < 1.29 is 14.3 Å². The lowest BCUT2D eigenvalue weighted by molar-refractivity contribution is -0.0853. The Bertz CT molecular complexity index is 690. The van der Waals surface area contributed by atoms with Crippen LogP contribution in [0.25, 0.3) is 10.9 Å². The van der Waals surface area contributed by atoms with Gasteiger partial charge in [0, 0.05) is 29.7 Å². The van der Waals surface area contributed by atoms with Gasteiger partial charge in [0.2, 0.25) is 0 Å². The van der Waals surface area contributed by atoms with Gasteiger partial charge in [-0.1, -0.05) is 6.07 Å². The number of hydrogen-bond acceptors (Lipinski definition) is 3. The van der Waals surface area contributed by atoms with E-state index >= 15 is 0 Å². The van der Waals surface area contributed by atoms with Crippen molar-refractivity contribution in [3.63, 3.8) is 0 Å². The molecule has 1 saturated heterocycles. The zero-order valence-electron chi connectivity index (χ0n) is 13.6. The molecule has 2 aromatic rings. The minimum atomic E-state index is -0.193. The van der Waals surface area contributed by atoms with Gasteiger partial charge in [-0.3, -0.25) is 0 Å². The number of aromatic nitrogens is 1. The summed E-state index contributed by atoms with van der Waals surface area (Å²) in [5.41, 5.74) is 4.63. The largest absolute Gasteiger partial charge is 0.376 e. The van der Waals surface area contributed by atoms with Crippen LogP contribution in [0, 0.1) is 13.8 Å². The third-order valence-electron chi connectivity index (χ3n) is 4.20. The number of benzene rings is 1. The predicted molar refractivity (Wildman–Crippen MR) is 88.6 cm³/mol. The molecule has 0 spiro atoms. The summed E-state index contributed by atoms with van der Waals surface area (Å²) in [4.78, 5) is 15.2. The Morgan fingerprint density at radius 3 is 2.96 bits per heavy atom. The van der Waals surface area contributed by atoms with E-state index in [9.17, 15) is 4.79 Å². The van der Waals surface area contributed by atoms with Crippen molar-refractivity contribution in [2.75, 3.05) is 26.4 Å². The van der Waals surface area contributed by atoms with Gasteiger partial charge in [-0.05, 0) is 37.1 Å². The van der Waals surface area contributed by atoms with Gasteiger partial charge in [-0.15, -0.1) is 0 Å². The predicted octanol–water partition coefficient (Wildman–Crippen LogP) is 2.00. The molecule has 1 aliphatic rings. The molecule has 0 radical (unpaired) electrons. The molecule has 1 fully saturated rings. The highest BCUT2D eigenvalue weighted by atomic mass is 16.6. The molecule has 2 amide bonds. The van der Waals surface area contributed by atoms with Crippen molar-refractivity contribution in [2.24, 2.45) is 0 Å². The summed E-state index contributed by atoms with van der Waals surface area (Å²) >= 11 is 0. The van der Waals surface area contributed by atoms with Crippen LogP contribution in [0.1, 0.15) is 16.8 Å². The van der Waals surface area contributed by atoms with E-state index in [2.05, 4.69) is 41.6 Å². The van der Waals surface area contributed by atoms with Crippen LogP contribution in [0.2, 0.25) is 0 Å². The number of fused-ring (bicyclic) bond motifs is 1. The van der Waals surface area contributed by atoms with E-state index in [0.717, 1.165) is 11.1 Å². The number of carbonyl (C=O) groups is 1. The minimum Gasteiger partial charge on any atom is -0.376 e. The van der Waals surface area contributed by atoms with Crippen LogP contribution in [0.3, 0.4) is 0 Å². The number of urea groups is 1. The number of aromatic amines is 1. The topological polar surface area (TPSA) is 75.4 Å². The number of ether oxygens (including phenoxy) is 2. The molecule has 6 nitrogen and oxygen atoms in total. The standard InChI is InChI=1S/C17H23N3O3/c1-11-12(2)20-16-4-3-13(7-15(11)16)8-18-17(21)19-9-14-10-22-5-6-23-14/h3-4,7,14,20H,5-6,8-10H2,1-2H3,(H2,18,19,21)/t14-/m0/s1. The molecule has 6 heteroatoms. The Labute approximate surface area is 135 Å². The number of carbonyl (C=O) groups excluding carboxylic acids is 1. The zero-order valence-corrected chi connectivity index (χ0v) is 13.6. The number of amides is 2. The molecular formula is C17H23N3O3. The fraction of sp³-hybridized carbons (Fsp3) is 0.471. The number of aryl methyl sites for hydroxylation is 2. The highest BCUT2D eigenvalue weighted by molar-refractivity contribution is 5.85. The van der Waals surface area contributed by atoms with Crippen molar-refractivity contribution in [2.45, 2.75) is 26.5 Å². The van der Waals surface area contributed by atoms with Crippen molar-refractivity contribution in [1.29, 1.82) is 0 Å². The third kappa shape index (κ3) is 3.83. The molecule has 0 saturated carbocycles. The summed E-state index contributed by atoms with van der Waals surface area (Å²) in [6, 6.07) is 6.00. The average molecular weight is 317 g/mol. The van der Waals surface area contributed by atoms with E-state index in [1.165, 1.54) is 16.6 Å². The van der Waals surface area contributed by atoms with Gasteiger partial charge in [0.1, 0.15) is 0 Å². The van der Waals surface area contributed by atoms with Crippen LogP contribution < -0.4 is 10.6 Å². The molecular weight excluding hydrogens is 294 g/mol. The van der Waals surface area contributed by atoms with E-state index < -0.39 is 0 Å². The lowest BCUT2D eigenvalue weighted by Crippen LogP contribution is -2.43. The quantitative estimate of drug-likeness (QED) is 0.807. The Balaban J connectivity index is 1.51. The molecule has 0 unspecified atom stereocenters. The van der Waals surface area contributed by atoms with E-state index in [1.54, 1.807) is 0 Å². The Hall–Kier alpha value is -2.05. The van der Waals surface area contributed by atoms with E-state index in [1.807, 2.05) is 6.07 Å². The first-order valence-corrected chi connectivity index (χ1v) is 7.92. The van der Waals surface area contributed by atoms with Crippen molar-refractivity contribution in [3.05, 3.63) is 35.0 Å². The van der Waals surface area contributed by atoms with Crippen LogP contribution in [0.5, 0.6) is 0 Å². The second kappa shape index (κ2) is 7.02. The number of nitrogens with one attached hydrogen (secondary N) is 3. The van der Waals surface area contributed by atoms with Gasteiger partial charge in [-0.25, -0.2) is 4.79 Å². The fourth-order valence-corrected chi connectivity index (χ4v) is 2.72. The van der Waals surface area contributed by atoms with Crippen molar-refractivity contribution >= 4 is 16.9 Å². The summed E-state index contributed by atoms with van der Waals surface area (Å²) in [7, 11) is 0. The smallest absolute Gasteiger partial charge is 0.315 e. The minimum absolute atomic E-state index is 0.0590. The first-order valence-electron chi connectivity index (χ1n) is 7.92. The first-order chi connectivity index (χ1) is 11.1. The third-order valence-corrected chi connectivity index (χ3v) is 4.20. The summed E-state index contributed by atoms with van der Waals surface area (Å²) in [5, 5.41) is 6.89. The number of rotatable bonds is 4. The summed E-state index contributed by atoms with van der Waals surface area (Å²) in [6.45, 7) is 6.87. The van der Waals surface area contributed by atoms with Crippen molar-refractivity contribution in [1.82, 2.24) is 15.6 Å². The lowest BCUT2D eigenvalue weighted by Gasteiger charge is -2.23. The molecule has 0 aliphatic carbocycles. The van der Waals surface area contributed by atoms with Gasteiger partial charge in [0.05, 0.1) is 25.9 Å². The van der Waals surface area contributed by atoms with Gasteiger partial charge in [0.25, 0.3) is 0 Å². The highest BCUT2D eigenvalue weighted by Gasteiger charge is 2.15. The van der Waals surface area contributed by atoms with Crippen molar-refractivity contribution in [3.8, 4) is 0 Å². The number of hydrogen-bond donors (Lipinski definition) is 3. The number of H-pyrrole nitrogens is 1. The van der Waals surface area contributed by atoms with Crippen LogP contribution in [0.4, 0.5) is 4.79 Å². The Morgan fingerprint density at radius 2 is 2.17 bits per heavy atom. The van der Waals surface area contributed by atoms with E-state index in [-0.39, 0.29) is 12.1 Å². The normalized spacial score (nSPS) is 18.1. The van der Waals surface area contributed by atoms with Crippen LogP contribution in [-0.2, 0) is 16.0 Å². The molecule has 1 aromatic heterocycles. The molecule has 3 N–H and O–H groups in total. The average Bonchev–Trinajstić information content (AvgIpc) is 2.86. The molecule has 1 atom stereocenters. The monoisotopic (exact) mass is 317 g/mol. The first kappa shape index (κ1) is 15.8. The maximum Gasteiger partial charge on any atom is 0.315 e. The Kier molecular flexibility index (Phi) is 4.83. The molecule has 0 bridgehead atoms. The van der Waals surface area contributed by atoms with Gasteiger partial charge in [0.15, 0.2) is 0 Å². The highest BCUT2D eigenvalue weighted by Crippen LogP contribution is 2.22. The van der Waals surface area contributed by atoms with E-state index in [4.69, 9.17) is 9.47 Å². The van der Waals surface area contributed by atoms with Gasteiger partial charge in [-0.2, -0.15) is 0 Å². The summed E-state index contributed by atoms with van der Waals surface area (Å²) < 4.78 is 10.8. The molecule has 1 aliphatic heterocycles. The zero-order chi connectivity index (χ0) is 16.2. The maximum absolute atomic E-state index is 11.9. The second-order valence-corrected chi connectivity index (χ2v) is 5.89. The molecule has 1 aromatic carbocycles. The van der Waals surface area contributed by atoms with Crippen LogP contribution in [0.15, 0.2) is 18.2 Å². The van der Waals surface area contributed by atoms with Crippen LogP contribution >= 0.6 is 0 Å². The molecule has 2 heterocycles. The Morgan fingerprint density at radius 1 is 1.30 bits per heavy atom. The SMILES string of the molecule is Cc1[nH]c2ccc(CNC(=O)NC[C@H]3COCCO3)cc2c1C. The summed E-state index contributed by atoms with van der Waals surface area (Å²) in [6.07, 6.45) is -0.0590. The lowest BCUT2D eigenvalue weighted by atomic mass is 10.1. The van der Waals surface area contributed by atoms with Gasteiger partial charge < -0.3 is 25.1 Å². The molecule has 3 rings (SSSR count). The summed E-state index contributed by atoms with van der Waals surface area (Å²) in [5.74, 6) is 0. The van der Waals surface area contributed by atoms with Gasteiger partial charge >= 0.3 is 6.03 Å².